The molecule has 0 saturated carbocycles. The molecule has 0 fully saturated rings. The van der Waals surface area contributed by atoms with Crippen LogP contribution in [0.5, 0.6) is 0 Å². The van der Waals surface area contributed by atoms with Crippen LogP contribution in [-0.4, -0.2) is 15.6 Å². The summed E-state index contributed by atoms with van der Waals surface area (Å²) in [7, 11) is 0. The standard InChI is InChI=1S/C16H19FN2O/c1-4-19-11-12(10-18-19)9-15(20)16(2,3)13-5-7-14(17)8-6-13/h5-8,10-11H,4,9H2,1-3H3. The van der Waals surface area contributed by atoms with Gasteiger partial charge in [0.05, 0.1) is 6.20 Å². The summed E-state index contributed by atoms with van der Waals surface area (Å²) < 4.78 is 14.8. The van der Waals surface area contributed by atoms with Crippen LogP contribution in [0.25, 0.3) is 0 Å². The van der Waals surface area contributed by atoms with Crippen molar-refractivity contribution in [3.8, 4) is 0 Å². The number of aromatic nitrogens is 2. The highest BCUT2D eigenvalue weighted by Crippen LogP contribution is 2.26. The number of halogens is 1. The second-order valence-corrected chi connectivity index (χ2v) is 5.44. The van der Waals surface area contributed by atoms with E-state index in [2.05, 4.69) is 5.10 Å². The van der Waals surface area contributed by atoms with Crippen LogP contribution in [0.2, 0.25) is 0 Å². The minimum absolute atomic E-state index is 0.0970. The summed E-state index contributed by atoms with van der Waals surface area (Å²) in [5.41, 5.74) is 1.10. The van der Waals surface area contributed by atoms with Gasteiger partial charge in [0.1, 0.15) is 11.6 Å². The molecule has 0 radical (unpaired) electrons. The summed E-state index contributed by atoms with van der Waals surface area (Å²) in [6.45, 7) is 6.52. The molecular weight excluding hydrogens is 255 g/mol. The number of carbonyl (C=O) groups excluding carboxylic acids is 1. The number of Topliss-reactive ketones (excluding diaryl/α,β-unsaturated/α-hetero) is 1. The Morgan fingerprint density at radius 1 is 1.30 bits per heavy atom. The topological polar surface area (TPSA) is 34.9 Å². The van der Waals surface area contributed by atoms with Crippen LogP contribution in [-0.2, 0) is 23.2 Å². The van der Waals surface area contributed by atoms with Crippen molar-refractivity contribution in [3.63, 3.8) is 0 Å². The van der Waals surface area contributed by atoms with E-state index in [9.17, 15) is 9.18 Å². The number of nitrogens with zero attached hydrogens (tertiary/aromatic N) is 2. The highest BCUT2D eigenvalue weighted by atomic mass is 19.1. The van der Waals surface area contributed by atoms with Crippen LogP contribution in [0.3, 0.4) is 0 Å². The van der Waals surface area contributed by atoms with Gasteiger partial charge in [0.25, 0.3) is 0 Å². The van der Waals surface area contributed by atoms with Crippen LogP contribution in [0, 0.1) is 5.82 Å². The first-order valence-electron chi connectivity index (χ1n) is 6.74. The van der Waals surface area contributed by atoms with Crippen LogP contribution >= 0.6 is 0 Å². The van der Waals surface area contributed by atoms with E-state index in [1.807, 2.05) is 27.0 Å². The first-order chi connectivity index (χ1) is 9.43. The molecule has 4 heteroatoms. The fourth-order valence-corrected chi connectivity index (χ4v) is 2.10. The molecule has 0 bridgehead atoms. The average molecular weight is 274 g/mol. The fraction of sp³-hybridized carbons (Fsp3) is 0.375. The van der Waals surface area contributed by atoms with Crippen molar-refractivity contribution in [1.29, 1.82) is 0 Å². The summed E-state index contributed by atoms with van der Waals surface area (Å²) in [5.74, 6) is -0.194. The molecule has 1 aromatic heterocycles. The first kappa shape index (κ1) is 14.4. The van der Waals surface area contributed by atoms with Gasteiger partial charge in [-0.1, -0.05) is 12.1 Å². The minimum atomic E-state index is -0.637. The highest BCUT2D eigenvalue weighted by Gasteiger charge is 2.29. The number of hydrogen-bond donors (Lipinski definition) is 0. The molecule has 1 heterocycles. The second-order valence-electron chi connectivity index (χ2n) is 5.44. The minimum Gasteiger partial charge on any atom is -0.298 e. The Labute approximate surface area is 118 Å². The Kier molecular flexibility index (Phi) is 4.02. The molecule has 1 aromatic carbocycles. The van der Waals surface area contributed by atoms with E-state index in [4.69, 9.17) is 0 Å². The van der Waals surface area contributed by atoms with Crippen molar-refractivity contribution in [2.24, 2.45) is 0 Å². The van der Waals surface area contributed by atoms with E-state index in [0.717, 1.165) is 17.7 Å². The van der Waals surface area contributed by atoms with Crippen molar-refractivity contribution < 1.29 is 9.18 Å². The van der Waals surface area contributed by atoms with Gasteiger partial charge < -0.3 is 0 Å². The van der Waals surface area contributed by atoms with E-state index in [-0.39, 0.29) is 11.6 Å². The lowest BCUT2D eigenvalue weighted by atomic mass is 9.79. The average Bonchev–Trinajstić information content (AvgIpc) is 2.87. The normalized spacial score (nSPS) is 11.6. The zero-order chi connectivity index (χ0) is 14.8. The molecular formula is C16H19FN2O. The quantitative estimate of drug-likeness (QED) is 0.839. The highest BCUT2D eigenvalue weighted by molar-refractivity contribution is 5.90. The van der Waals surface area contributed by atoms with E-state index in [1.54, 1.807) is 23.0 Å². The Balaban J connectivity index is 2.16. The third-order valence-corrected chi connectivity index (χ3v) is 3.64. The van der Waals surface area contributed by atoms with Gasteiger partial charge in [-0.05, 0) is 44.0 Å². The van der Waals surface area contributed by atoms with Crippen LogP contribution in [0.1, 0.15) is 31.9 Å². The Morgan fingerprint density at radius 2 is 1.95 bits per heavy atom. The molecule has 0 spiro atoms. The van der Waals surface area contributed by atoms with E-state index < -0.39 is 5.41 Å². The van der Waals surface area contributed by atoms with E-state index in [0.29, 0.717) is 6.42 Å². The number of rotatable bonds is 5. The molecule has 0 amide bonds. The van der Waals surface area contributed by atoms with Gasteiger partial charge in [-0.2, -0.15) is 5.10 Å². The summed E-state index contributed by atoms with van der Waals surface area (Å²) >= 11 is 0. The molecule has 0 atom stereocenters. The lowest BCUT2D eigenvalue weighted by Gasteiger charge is -2.23. The van der Waals surface area contributed by atoms with Crippen LogP contribution < -0.4 is 0 Å². The van der Waals surface area contributed by atoms with Gasteiger partial charge in [0.2, 0.25) is 0 Å². The summed E-state index contributed by atoms with van der Waals surface area (Å²) in [6.07, 6.45) is 3.95. The predicted octanol–water partition coefficient (Wildman–Crippen LogP) is 3.13. The van der Waals surface area contributed by atoms with Gasteiger partial charge in [-0.15, -0.1) is 0 Å². The zero-order valence-corrected chi connectivity index (χ0v) is 12.1. The third kappa shape index (κ3) is 2.95. The van der Waals surface area contributed by atoms with Crippen molar-refractivity contribution in [3.05, 3.63) is 53.6 Å². The molecule has 0 aliphatic heterocycles. The maximum Gasteiger partial charge on any atom is 0.147 e. The SMILES string of the molecule is CCn1cc(CC(=O)C(C)(C)c2ccc(F)cc2)cn1. The Bertz CT molecular complexity index is 599. The number of aryl methyl sites for hydroxylation is 1. The van der Waals surface area contributed by atoms with E-state index >= 15 is 0 Å². The summed E-state index contributed by atoms with van der Waals surface area (Å²) in [5, 5.41) is 4.17. The maximum atomic E-state index is 13.0. The largest absolute Gasteiger partial charge is 0.298 e. The van der Waals surface area contributed by atoms with Gasteiger partial charge in [-0.3, -0.25) is 9.48 Å². The van der Waals surface area contributed by atoms with Crippen LogP contribution in [0.15, 0.2) is 36.7 Å². The monoisotopic (exact) mass is 274 g/mol. The number of hydrogen-bond acceptors (Lipinski definition) is 2. The van der Waals surface area contributed by atoms with Crippen molar-refractivity contribution in [1.82, 2.24) is 9.78 Å². The van der Waals surface area contributed by atoms with Crippen molar-refractivity contribution >= 4 is 5.78 Å². The summed E-state index contributed by atoms with van der Waals surface area (Å²) in [6, 6.07) is 6.12. The summed E-state index contributed by atoms with van der Waals surface area (Å²) in [4.78, 5) is 12.5. The van der Waals surface area contributed by atoms with Gasteiger partial charge >= 0.3 is 0 Å². The van der Waals surface area contributed by atoms with E-state index in [1.165, 1.54) is 12.1 Å². The molecule has 2 aromatic rings. The number of carbonyl (C=O) groups is 1. The maximum absolute atomic E-state index is 13.0. The van der Waals surface area contributed by atoms with Crippen molar-refractivity contribution in [2.45, 2.75) is 39.2 Å². The Hall–Kier alpha value is -1.97. The molecule has 0 aliphatic carbocycles. The molecule has 106 valence electrons. The molecule has 0 unspecified atom stereocenters. The molecule has 20 heavy (non-hydrogen) atoms. The zero-order valence-electron chi connectivity index (χ0n) is 12.1. The first-order valence-corrected chi connectivity index (χ1v) is 6.74. The van der Waals surface area contributed by atoms with Crippen LogP contribution in [0.4, 0.5) is 4.39 Å². The second kappa shape index (κ2) is 5.57. The molecule has 0 aliphatic rings. The fourth-order valence-electron chi connectivity index (χ4n) is 2.10. The Morgan fingerprint density at radius 3 is 2.50 bits per heavy atom. The molecule has 0 saturated heterocycles. The lowest BCUT2D eigenvalue weighted by molar-refractivity contribution is -0.122. The lowest BCUT2D eigenvalue weighted by Crippen LogP contribution is -2.30. The molecule has 0 N–H and O–H groups in total. The van der Waals surface area contributed by atoms with Gasteiger partial charge in [-0.25, -0.2) is 4.39 Å². The number of benzene rings is 1. The smallest absolute Gasteiger partial charge is 0.147 e. The van der Waals surface area contributed by atoms with Gasteiger partial charge in [0.15, 0.2) is 0 Å². The molecule has 3 nitrogen and oxygen atoms in total. The third-order valence-electron chi connectivity index (χ3n) is 3.64. The predicted molar refractivity (Wildman–Crippen MR) is 76.0 cm³/mol. The molecule has 2 rings (SSSR count). The number of ketones is 1. The van der Waals surface area contributed by atoms with Gasteiger partial charge in [0, 0.05) is 24.6 Å². The van der Waals surface area contributed by atoms with Crippen molar-refractivity contribution in [2.75, 3.05) is 0 Å².